The summed E-state index contributed by atoms with van der Waals surface area (Å²) in [5, 5.41) is 15.5. The summed E-state index contributed by atoms with van der Waals surface area (Å²) in [6.07, 6.45) is 3.52. The van der Waals surface area contributed by atoms with Gasteiger partial charge < -0.3 is 5.21 Å². The Labute approximate surface area is 65.1 Å². The van der Waals surface area contributed by atoms with Crippen LogP contribution < -0.4 is 0 Å². The molecule has 1 heterocycles. The molecule has 4 heteroatoms. The molecule has 11 heavy (non-hydrogen) atoms. The van der Waals surface area contributed by atoms with Gasteiger partial charge in [0.05, 0.1) is 11.9 Å². The van der Waals surface area contributed by atoms with E-state index in [9.17, 15) is 0 Å². The van der Waals surface area contributed by atoms with Crippen molar-refractivity contribution in [2.24, 2.45) is 5.16 Å². The molecule has 0 amide bonds. The lowest BCUT2D eigenvalue weighted by Gasteiger charge is -1.91. The number of hydrogen-bond donors (Lipinski definition) is 1. The Balaban J connectivity index is 2.89. The molecule has 0 unspecified atom stereocenters. The number of oxime groups is 1. The van der Waals surface area contributed by atoms with Gasteiger partial charge in [0.1, 0.15) is 0 Å². The zero-order valence-corrected chi connectivity index (χ0v) is 6.65. The quantitative estimate of drug-likeness (QED) is 0.393. The maximum Gasteiger partial charge on any atom is 0.0868 e. The molecular weight excluding hydrogens is 142 g/mol. The molecule has 0 aromatic carbocycles. The molecule has 0 aliphatic carbocycles. The summed E-state index contributed by atoms with van der Waals surface area (Å²) < 4.78 is 1.78. The molecule has 0 bridgehead atoms. The summed E-state index contributed by atoms with van der Waals surface area (Å²) in [7, 11) is 0. The predicted octanol–water partition coefficient (Wildman–Crippen LogP) is 1.10. The summed E-state index contributed by atoms with van der Waals surface area (Å²) in [5.41, 5.74) is 1.44. The van der Waals surface area contributed by atoms with Crippen molar-refractivity contribution in [2.75, 3.05) is 0 Å². The lowest BCUT2D eigenvalue weighted by Crippen LogP contribution is -1.94. The van der Waals surface area contributed by atoms with Crippen LogP contribution in [-0.2, 0) is 6.54 Å². The van der Waals surface area contributed by atoms with Gasteiger partial charge in [-0.15, -0.1) is 0 Å². The third-order valence-electron chi connectivity index (χ3n) is 1.53. The van der Waals surface area contributed by atoms with Gasteiger partial charge in [-0.25, -0.2) is 0 Å². The van der Waals surface area contributed by atoms with Crippen LogP contribution in [0.5, 0.6) is 0 Å². The Bertz CT molecular complexity index is 264. The summed E-state index contributed by atoms with van der Waals surface area (Å²) in [4.78, 5) is 0. The fraction of sp³-hybridized carbons (Fsp3) is 0.429. The van der Waals surface area contributed by atoms with Crippen molar-refractivity contribution in [2.45, 2.75) is 20.4 Å². The van der Waals surface area contributed by atoms with Crippen LogP contribution in [0.15, 0.2) is 17.5 Å². The van der Waals surface area contributed by atoms with Gasteiger partial charge in [0, 0.05) is 18.3 Å². The monoisotopic (exact) mass is 153 g/mol. The Morgan fingerprint density at radius 3 is 3.00 bits per heavy atom. The third-order valence-corrected chi connectivity index (χ3v) is 1.53. The van der Waals surface area contributed by atoms with Gasteiger partial charge in [0.15, 0.2) is 0 Å². The molecule has 1 rings (SSSR count). The van der Waals surface area contributed by atoms with E-state index in [-0.39, 0.29) is 0 Å². The van der Waals surface area contributed by atoms with Crippen molar-refractivity contribution >= 4 is 5.71 Å². The lowest BCUT2D eigenvalue weighted by molar-refractivity contribution is 0.319. The lowest BCUT2D eigenvalue weighted by atomic mass is 10.2. The van der Waals surface area contributed by atoms with E-state index in [1.54, 1.807) is 17.8 Å². The van der Waals surface area contributed by atoms with Gasteiger partial charge in [-0.3, -0.25) is 4.68 Å². The number of aryl methyl sites for hydroxylation is 1. The minimum atomic E-state index is 0.588. The van der Waals surface area contributed by atoms with E-state index >= 15 is 0 Å². The fourth-order valence-electron chi connectivity index (χ4n) is 0.781. The SMILES string of the molecule is CCn1cc(/C(C)=N/O)cn1. The molecule has 0 spiro atoms. The molecule has 0 atom stereocenters. The van der Waals surface area contributed by atoms with Crippen LogP contribution in [0.3, 0.4) is 0 Å². The predicted molar refractivity (Wildman–Crippen MR) is 41.9 cm³/mol. The van der Waals surface area contributed by atoms with Crippen LogP contribution in [0.2, 0.25) is 0 Å². The second-order valence-electron chi connectivity index (χ2n) is 2.27. The van der Waals surface area contributed by atoms with Crippen LogP contribution in [0, 0.1) is 0 Å². The maximum absolute atomic E-state index is 8.42. The number of hydrogen-bond acceptors (Lipinski definition) is 3. The van der Waals surface area contributed by atoms with Gasteiger partial charge in [-0.1, -0.05) is 5.16 Å². The van der Waals surface area contributed by atoms with Crippen molar-refractivity contribution in [3.63, 3.8) is 0 Å². The largest absolute Gasteiger partial charge is 0.411 e. The highest BCUT2D eigenvalue weighted by Gasteiger charge is 1.99. The molecule has 1 aromatic rings. The smallest absolute Gasteiger partial charge is 0.0868 e. The standard InChI is InChI=1S/C7H11N3O/c1-3-10-5-7(4-8-10)6(2)9-11/h4-5,11H,3H2,1-2H3/b9-6+. The molecule has 0 fully saturated rings. The highest BCUT2D eigenvalue weighted by Crippen LogP contribution is 1.98. The van der Waals surface area contributed by atoms with Crippen LogP contribution >= 0.6 is 0 Å². The van der Waals surface area contributed by atoms with Gasteiger partial charge in [-0.2, -0.15) is 5.10 Å². The minimum Gasteiger partial charge on any atom is -0.411 e. The number of aromatic nitrogens is 2. The Morgan fingerprint density at radius 2 is 2.55 bits per heavy atom. The van der Waals surface area contributed by atoms with E-state index in [1.807, 2.05) is 13.1 Å². The normalized spacial score (nSPS) is 12.0. The average Bonchev–Trinajstić information content (AvgIpc) is 2.50. The van der Waals surface area contributed by atoms with Gasteiger partial charge in [0.25, 0.3) is 0 Å². The fourth-order valence-corrected chi connectivity index (χ4v) is 0.781. The summed E-state index contributed by atoms with van der Waals surface area (Å²) in [6.45, 7) is 4.57. The van der Waals surface area contributed by atoms with Crippen LogP contribution in [-0.4, -0.2) is 20.7 Å². The van der Waals surface area contributed by atoms with Gasteiger partial charge in [0.2, 0.25) is 0 Å². The van der Waals surface area contributed by atoms with E-state index in [0.29, 0.717) is 5.71 Å². The zero-order chi connectivity index (χ0) is 8.27. The first-order valence-corrected chi connectivity index (χ1v) is 3.49. The van der Waals surface area contributed by atoms with E-state index < -0.39 is 0 Å². The summed E-state index contributed by atoms with van der Waals surface area (Å²) >= 11 is 0. The van der Waals surface area contributed by atoms with E-state index in [0.717, 1.165) is 12.1 Å². The molecular formula is C7H11N3O. The molecule has 0 aliphatic heterocycles. The van der Waals surface area contributed by atoms with E-state index in [2.05, 4.69) is 10.3 Å². The summed E-state index contributed by atoms with van der Waals surface area (Å²) in [6, 6.07) is 0. The van der Waals surface area contributed by atoms with Crippen LogP contribution in [0.25, 0.3) is 0 Å². The van der Waals surface area contributed by atoms with Crippen LogP contribution in [0.1, 0.15) is 19.4 Å². The zero-order valence-electron chi connectivity index (χ0n) is 6.65. The topological polar surface area (TPSA) is 50.4 Å². The molecule has 1 aromatic heterocycles. The van der Waals surface area contributed by atoms with Crippen molar-refractivity contribution in [1.29, 1.82) is 0 Å². The first-order valence-electron chi connectivity index (χ1n) is 3.49. The third kappa shape index (κ3) is 1.58. The maximum atomic E-state index is 8.42. The second-order valence-corrected chi connectivity index (χ2v) is 2.27. The van der Waals surface area contributed by atoms with Crippen LogP contribution in [0.4, 0.5) is 0 Å². The van der Waals surface area contributed by atoms with Crippen molar-refractivity contribution < 1.29 is 5.21 Å². The highest BCUT2D eigenvalue weighted by molar-refractivity contribution is 5.97. The molecule has 0 radical (unpaired) electrons. The first-order chi connectivity index (χ1) is 5.27. The summed E-state index contributed by atoms with van der Waals surface area (Å²) in [5.74, 6) is 0. The van der Waals surface area contributed by atoms with Crippen molar-refractivity contribution in [3.05, 3.63) is 18.0 Å². The number of rotatable bonds is 2. The molecule has 60 valence electrons. The molecule has 0 saturated carbocycles. The minimum absolute atomic E-state index is 0.588. The van der Waals surface area contributed by atoms with Crippen molar-refractivity contribution in [3.8, 4) is 0 Å². The molecule has 0 aliphatic rings. The first kappa shape index (κ1) is 7.78. The Hall–Kier alpha value is -1.32. The number of nitrogens with zero attached hydrogens (tertiary/aromatic N) is 3. The molecule has 4 nitrogen and oxygen atoms in total. The Kier molecular flexibility index (Phi) is 2.25. The Morgan fingerprint density at radius 1 is 1.82 bits per heavy atom. The highest BCUT2D eigenvalue weighted by atomic mass is 16.4. The molecule has 1 N–H and O–H groups in total. The molecule has 0 saturated heterocycles. The second kappa shape index (κ2) is 3.18. The van der Waals surface area contributed by atoms with Gasteiger partial charge in [-0.05, 0) is 13.8 Å². The van der Waals surface area contributed by atoms with Gasteiger partial charge >= 0.3 is 0 Å². The van der Waals surface area contributed by atoms with E-state index in [4.69, 9.17) is 5.21 Å². The van der Waals surface area contributed by atoms with E-state index in [1.165, 1.54) is 0 Å². The average molecular weight is 153 g/mol. The van der Waals surface area contributed by atoms with Crippen molar-refractivity contribution in [1.82, 2.24) is 9.78 Å².